The molecule has 286 valence electrons. The third kappa shape index (κ3) is 35.3. The molecular formula is C40H69NO8P+. The summed E-state index contributed by atoms with van der Waals surface area (Å²) in [5.41, 5.74) is 0. The average Bonchev–Trinajstić information content (AvgIpc) is 3.06. The summed E-state index contributed by atoms with van der Waals surface area (Å²) in [6, 6.07) is 0. The molecular weight excluding hydrogens is 653 g/mol. The maximum Gasteiger partial charge on any atom is 0.472 e. The molecule has 0 aromatic heterocycles. The molecule has 0 fully saturated rings. The molecule has 0 aliphatic heterocycles. The SMILES string of the molecule is CC/C=C\C/C=C\C/C=C\C/C=C\C/C=C\C/C=C\CCCCC(=O)OC(COC(=O)CCCCCCC)COP(=O)(O)OCC[N+](C)(C)C. The van der Waals surface area contributed by atoms with E-state index in [0.29, 0.717) is 17.4 Å². The first-order valence-corrected chi connectivity index (χ1v) is 20.2. The summed E-state index contributed by atoms with van der Waals surface area (Å²) in [5.74, 6) is -0.874. The highest BCUT2D eigenvalue weighted by Crippen LogP contribution is 2.43. The molecule has 0 aliphatic carbocycles. The lowest BCUT2D eigenvalue weighted by Gasteiger charge is -2.24. The van der Waals surface area contributed by atoms with Gasteiger partial charge in [0.25, 0.3) is 0 Å². The number of unbranched alkanes of at least 4 members (excludes halogenated alkanes) is 6. The molecule has 0 heterocycles. The number of quaternary nitrogens is 1. The zero-order valence-corrected chi connectivity index (χ0v) is 32.7. The average molecular weight is 723 g/mol. The Morgan fingerprint density at radius 3 is 1.68 bits per heavy atom. The van der Waals surface area contributed by atoms with E-state index in [0.717, 1.165) is 83.5 Å². The molecule has 50 heavy (non-hydrogen) atoms. The number of esters is 2. The minimum absolute atomic E-state index is 0.0194. The lowest BCUT2D eigenvalue weighted by Crippen LogP contribution is -2.37. The predicted molar refractivity (Wildman–Crippen MR) is 206 cm³/mol. The van der Waals surface area contributed by atoms with Gasteiger partial charge in [0.15, 0.2) is 6.10 Å². The molecule has 0 spiro atoms. The van der Waals surface area contributed by atoms with E-state index in [-0.39, 0.29) is 26.1 Å². The Morgan fingerprint density at radius 2 is 1.14 bits per heavy atom. The van der Waals surface area contributed by atoms with Crippen molar-refractivity contribution in [3.8, 4) is 0 Å². The number of hydrogen-bond acceptors (Lipinski definition) is 7. The zero-order chi connectivity index (χ0) is 37.2. The van der Waals surface area contributed by atoms with Gasteiger partial charge < -0.3 is 18.9 Å². The van der Waals surface area contributed by atoms with Crippen molar-refractivity contribution in [3.63, 3.8) is 0 Å². The van der Waals surface area contributed by atoms with Crippen molar-refractivity contribution in [2.75, 3.05) is 47.5 Å². The van der Waals surface area contributed by atoms with E-state index in [1.165, 1.54) is 0 Å². The number of allylic oxidation sites excluding steroid dienone is 12. The lowest BCUT2D eigenvalue weighted by molar-refractivity contribution is -0.870. The zero-order valence-electron chi connectivity index (χ0n) is 31.8. The van der Waals surface area contributed by atoms with Crippen LogP contribution in [0, 0.1) is 0 Å². The van der Waals surface area contributed by atoms with Crippen molar-refractivity contribution in [1.29, 1.82) is 0 Å². The van der Waals surface area contributed by atoms with Crippen LogP contribution in [0.4, 0.5) is 0 Å². The Bertz CT molecular complexity index is 1090. The maximum absolute atomic E-state index is 12.6. The smallest absolute Gasteiger partial charge is 0.462 e. The van der Waals surface area contributed by atoms with Gasteiger partial charge in [0.1, 0.15) is 19.8 Å². The van der Waals surface area contributed by atoms with E-state index in [9.17, 15) is 19.0 Å². The van der Waals surface area contributed by atoms with Gasteiger partial charge in [0.05, 0.1) is 27.7 Å². The van der Waals surface area contributed by atoms with Crippen molar-refractivity contribution < 1.29 is 42.1 Å². The second-order valence-electron chi connectivity index (χ2n) is 13.2. The van der Waals surface area contributed by atoms with Crippen LogP contribution in [0.1, 0.15) is 117 Å². The molecule has 0 aliphatic rings. The molecule has 9 nitrogen and oxygen atoms in total. The van der Waals surface area contributed by atoms with Gasteiger partial charge in [0, 0.05) is 12.8 Å². The van der Waals surface area contributed by atoms with E-state index in [1.54, 1.807) is 0 Å². The fourth-order valence-corrected chi connectivity index (χ4v) is 5.05. The quantitative estimate of drug-likeness (QED) is 0.0240. The fourth-order valence-electron chi connectivity index (χ4n) is 4.31. The molecule has 0 bridgehead atoms. The second kappa shape index (κ2) is 32.4. The number of nitrogens with zero attached hydrogens (tertiary/aromatic N) is 1. The first-order valence-electron chi connectivity index (χ1n) is 18.7. The van der Waals surface area contributed by atoms with Crippen molar-refractivity contribution in [2.45, 2.75) is 123 Å². The molecule has 0 rings (SSSR count). The third-order valence-electron chi connectivity index (χ3n) is 7.25. The molecule has 10 heteroatoms. The van der Waals surface area contributed by atoms with Gasteiger partial charge in [-0.05, 0) is 64.2 Å². The van der Waals surface area contributed by atoms with Crippen LogP contribution in [0.2, 0.25) is 0 Å². The number of carbonyl (C=O) groups is 2. The summed E-state index contributed by atoms with van der Waals surface area (Å²) < 4.78 is 33.9. The van der Waals surface area contributed by atoms with Crippen molar-refractivity contribution in [3.05, 3.63) is 72.9 Å². The second-order valence-corrected chi connectivity index (χ2v) is 14.7. The highest BCUT2D eigenvalue weighted by Gasteiger charge is 2.27. The molecule has 0 radical (unpaired) electrons. The molecule has 0 saturated heterocycles. The standard InChI is InChI=1S/C40H68NO8P/c1-6-8-10-12-13-14-15-16-17-18-19-20-21-22-23-24-25-26-27-29-31-33-40(43)49-38(36-46-39(42)32-30-28-11-9-7-2)37-48-50(44,45)47-35-34-41(3,4)5/h8,10,13-14,16-17,19-20,22-23,25-26,38H,6-7,9,11-12,15,18,21,24,27-37H2,1-5H3/p+1/b10-8-,14-13-,17-16-,20-19-,23-22-,26-25-. The molecule has 0 saturated carbocycles. The molecule has 1 N–H and O–H groups in total. The Kier molecular flexibility index (Phi) is 30.7. The van der Waals surface area contributed by atoms with Crippen LogP contribution in [-0.4, -0.2) is 74.9 Å². The Balaban J connectivity index is 4.41. The van der Waals surface area contributed by atoms with Crippen LogP contribution in [0.5, 0.6) is 0 Å². The topological polar surface area (TPSA) is 108 Å². The molecule has 0 amide bonds. The summed E-state index contributed by atoms with van der Waals surface area (Å²) >= 11 is 0. The number of carbonyl (C=O) groups excluding carboxylic acids is 2. The van der Waals surface area contributed by atoms with Crippen LogP contribution < -0.4 is 0 Å². The normalized spacial score (nSPS) is 14.6. The van der Waals surface area contributed by atoms with E-state index < -0.39 is 32.5 Å². The highest BCUT2D eigenvalue weighted by atomic mass is 31.2. The van der Waals surface area contributed by atoms with Crippen LogP contribution in [0.3, 0.4) is 0 Å². The summed E-state index contributed by atoms with van der Waals surface area (Å²) in [4.78, 5) is 34.9. The van der Waals surface area contributed by atoms with Crippen LogP contribution >= 0.6 is 7.82 Å². The number of likely N-dealkylation sites (N-methyl/N-ethyl adjacent to an activating group) is 1. The van der Waals surface area contributed by atoms with Gasteiger partial charge in [-0.15, -0.1) is 0 Å². The van der Waals surface area contributed by atoms with Gasteiger partial charge >= 0.3 is 19.8 Å². The van der Waals surface area contributed by atoms with E-state index in [4.69, 9.17) is 18.5 Å². The molecule has 0 aromatic rings. The van der Waals surface area contributed by atoms with E-state index in [1.807, 2.05) is 21.1 Å². The van der Waals surface area contributed by atoms with Crippen molar-refractivity contribution in [1.82, 2.24) is 0 Å². The van der Waals surface area contributed by atoms with E-state index in [2.05, 4.69) is 86.8 Å². The minimum atomic E-state index is -4.37. The summed E-state index contributed by atoms with van der Waals surface area (Å²) in [7, 11) is 1.43. The van der Waals surface area contributed by atoms with Crippen LogP contribution in [0.25, 0.3) is 0 Å². The predicted octanol–water partition coefficient (Wildman–Crippen LogP) is 9.90. The number of rotatable bonds is 32. The monoisotopic (exact) mass is 722 g/mol. The fraction of sp³-hybridized carbons (Fsp3) is 0.650. The number of phosphoric ester groups is 1. The van der Waals surface area contributed by atoms with Crippen LogP contribution in [0.15, 0.2) is 72.9 Å². The Labute approximate surface area is 304 Å². The first-order chi connectivity index (χ1) is 24.0. The highest BCUT2D eigenvalue weighted by molar-refractivity contribution is 7.47. The van der Waals surface area contributed by atoms with Crippen molar-refractivity contribution >= 4 is 19.8 Å². The van der Waals surface area contributed by atoms with Gasteiger partial charge in [-0.2, -0.15) is 0 Å². The molecule has 2 atom stereocenters. The summed E-state index contributed by atoms with van der Waals surface area (Å²) in [6.07, 6.45) is 38.6. The molecule has 2 unspecified atom stereocenters. The Hall–Kier alpha value is -2.55. The first kappa shape index (κ1) is 47.4. The maximum atomic E-state index is 12.6. The Morgan fingerprint density at radius 1 is 0.640 bits per heavy atom. The third-order valence-corrected chi connectivity index (χ3v) is 8.24. The van der Waals surface area contributed by atoms with Gasteiger partial charge in [-0.1, -0.05) is 112 Å². The van der Waals surface area contributed by atoms with E-state index >= 15 is 0 Å². The van der Waals surface area contributed by atoms with Gasteiger partial charge in [-0.25, -0.2) is 4.57 Å². The minimum Gasteiger partial charge on any atom is -0.462 e. The number of ether oxygens (including phenoxy) is 2. The van der Waals surface area contributed by atoms with Gasteiger partial charge in [-0.3, -0.25) is 18.6 Å². The number of hydrogen-bond donors (Lipinski definition) is 1. The lowest BCUT2D eigenvalue weighted by atomic mass is 10.1. The number of phosphoric acid groups is 1. The summed E-state index contributed by atoms with van der Waals surface area (Å²) in [6.45, 7) is 4.12. The van der Waals surface area contributed by atoms with Gasteiger partial charge in [0.2, 0.25) is 0 Å². The summed E-state index contributed by atoms with van der Waals surface area (Å²) in [5, 5.41) is 0. The molecule has 0 aromatic carbocycles. The van der Waals surface area contributed by atoms with Crippen LogP contribution in [-0.2, 0) is 32.7 Å². The largest absolute Gasteiger partial charge is 0.472 e. The van der Waals surface area contributed by atoms with Crippen molar-refractivity contribution in [2.24, 2.45) is 0 Å².